The number of carbonyl (C=O) groups is 1. The van der Waals surface area contributed by atoms with Crippen molar-refractivity contribution in [2.45, 2.75) is 26.3 Å². The predicted molar refractivity (Wildman–Crippen MR) is 98.8 cm³/mol. The zero-order valence-electron chi connectivity index (χ0n) is 14.4. The van der Waals surface area contributed by atoms with E-state index in [1.807, 2.05) is 35.9 Å². The monoisotopic (exact) mass is 334 g/mol. The number of para-hydroxylation sites is 1. The molecule has 0 atom stereocenters. The number of benzene rings is 1. The Hall–Kier alpha value is -2.50. The summed E-state index contributed by atoms with van der Waals surface area (Å²) in [6.45, 7) is 4.23. The van der Waals surface area contributed by atoms with E-state index in [9.17, 15) is 4.79 Å². The fourth-order valence-electron chi connectivity index (χ4n) is 3.88. The minimum Gasteiger partial charge on any atom is -0.330 e. The predicted octanol–water partition coefficient (Wildman–Crippen LogP) is 2.18. The van der Waals surface area contributed by atoms with Gasteiger partial charge in [0, 0.05) is 30.0 Å². The summed E-state index contributed by atoms with van der Waals surface area (Å²) in [6.07, 6.45) is 5.19. The molecule has 0 aliphatic carbocycles. The number of nitrogens with zero attached hydrogens (tertiary/aromatic N) is 2. The van der Waals surface area contributed by atoms with Crippen molar-refractivity contribution in [3.63, 3.8) is 0 Å². The Morgan fingerprint density at radius 1 is 1.32 bits per heavy atom. The molecule has 3 N–H and O–H groups in total. The molecule has 3 heterocycles. The number of fused-ring (bicyclic) bond motifs is 2. The first-order valence-electron chi connectivity index (χ1n) is 8.72. The van der Waals surface area contributed by atoms with Crippen LogP contribution in [0.15, 0.2) is 36.7 Å². The fraction of sp³-hybridized carbons (Fsp3) is 0.300. The van der Waals surface area contributed by atoms with Crippen LogP contribution in [0.2, 0.25) is 0 Å². The number of pyridine rings is 1. The molecule has 0 spiro atoms. The lowest BCUT2D eigenvalue weighted by molar-refractivity contribution is 0.0961. The lowest BCUT2D eigenvalue weighted by Crippen LogP contribution is -2.27. The van der Waals surface area contributed by atoms with Crippen LogP contribution >= 0.6 is 0 Å². The Kier molecular flexibility index (Phi) is 4.11. The van der Waals surface area contributed by atoms with E-state index in [0.29, 0.717) is 12.1 Å². The van der Waals surface area contributed by atoms with Crippen LogP contribution in [-0.2, 0) is 19.4 Å². The molecule has 0 radical (unpaired) electrons. The highest BCUT2D eigenvalue weighted by Gasteiger charge is 2.23. The first-order valence-corrected chi connectivity index (χ1v) is 8.72. The normalized spacial score (nSPS) is 13.8. The number of hydrogen-bond donors (Lipinski definition) is 2. The minimum atomic E-state index is 0.00298. The Morgan fingerprint density at radius 3 is 3.00 bits per heavy atom. The average molecular weight is 334 g/mol. The maximum Gasteiger partial charge on any atom is 0.264 e. The molecule has 5 heteroatoms. The van der Waals surface area contributed by atoms with Crippen LogP contribution < -0.4 is 11.1 Å². The molecular weight excluding hydrogens is 312 g/mol. The number of rotatable bonds is 3. The van der Waals surface area contributed by atoms with Gasteiger partial charge in [-0.3, -0.25) is 14.3 Å². The molecule has 128 valence electrons. The SMILES string of the molecule is Cc1c(CCN)c2ccccc2n1C(=O)c1cncc2c1CCNC2. The summed E-state index contributed by atoms with van der Waals surface area (Å²) < 4.78 is 1.83. The molecule has 0 saturated carbocycles. The molecule has 0 amide bonds. The maximum absolute atomic E-state index is 13.4. The van der Waals surface area contributed by atoms with Crippen molar-refractivity contribution in [3.05, 3.63) is 64.6 Å². The van der Waals surface area contributed by atoms with E-state index in [4.69, 9.17) is 5.73 Å². The number of nitrogens with one attached hydrogen (secondary N) is 1. The summed E-state index contributed by atoms with van der Waals surface area (Å²) >= 11 is 0. The topological polar surface area (TPSA) is 72.9 Å². The Labute approximate surface area is 146 Å². The van der Waals surface area contributed by atoms with Gasteiger partial charge in [-0.05, 0) is 55.6 Å². The molecule has 3 aromatic rings. The van der Waals surface area contributed by atoms with E-state index in [2.05, 4.69) is 16.4 Å². The summed E-state index contributed by atoms with van der Waals surface area (Å²) in [6, 6.07) is 8.05. The second-order valence-corrected chi connectivity index (χ2v) is 6.51. The third-order valence-electron chi connectivity index (χ3n) is 5.08. The summed E-state index contributed by atoms with van der Waals surface area (Å²) in [4.78, 5) is 17.7. The van der Waals surface area contributed by atoms with Crippen molar-refractivity contribution < 1.29 is 4.79 Å². The van der Waals surface area contributed by atoms with Crippen molar-refractivity contribution in [3.8, 4) is 0 Å². The summed E-state index contributed by atoms with van der Waals surface area (Å²) in [5, 5.41) is 4.45. The molecule has 4 rings (SSSR count). The Morgan fingerprint density at radius 2 is 2.16 bits per heavy atom. The van der Waals surface area contributed by atoms with Gasteiger partial charge in [0.1, 0.15) is 0 Å². The maximum atomic E-state index is 13.4. The molecule has 1 aliphatic heterocycles. The molecule has 1 aromatic carbocycles. The lowest BCUT2D eigenvalue weighted by atomic mass is 9.98. The van der Waals surface area contributed by atoms with Gasteiger partial charge >= 0.3 is 0 Å². The molecule has 5 nitrogen and oxygen atoms in total. The van der Waals surface area contributed by atoms with E-state index in [1.54, 1.807) is 6.20 Å². The van der Waals surface area contributed by atoms with Crippen LogP contribution in [0.4, 0.5) is 0 Å². The number of nitrogens with two attached hydrogens (primary N) is 1. The van der Waals surface area contributed by atoms with Crippen molar-refractivity contribution in [1.29, 1.82) is 0 Å². The van der Waals surface area contributed by atoms with Crippen LogP contribution in [0.1, 0.15) is 32.7 Å². The first-order chi connectivity index (χ1) is 12.2. The van der Waals surface area contributed by atoms with Crippen LogP contribution in [0.5, 0.6) is 0 Å². The van der Waals surface area contributed by atoms with Crippen molar-refractivity contribution in [1.82, 2.24) is 14.9 Å². The molecular formula is C20H22N4O. The fourth-order valence-corrected chi connectivity index (χ4v) is 3.88. The van der Waals surface area contributed by atoms with Crippen molar-refractivity contribution in [2.75, 3.05) is 13.1 Å². The van der Waals surface area contributed by atoms with Gasteiger partial charge in [0.2, 0.25) is 0 Å². The highest BCUT2D eigenvalue weighted by atomic mass is 16.2. The molecule has 0 saturated heterocycles. The first kappa shape index (κ1) is 16.0. The third kappa shape index (κ3) is 2.56. The third-order valence-corrected chi connectivity index (χ3v) is 5.08. The van der Waals surface area contributed by atoms with Crippen molar-refractivity contribution in [2.24, 2.45) is 5.73 Å². The second-order valence-electron chi connectivity index (χ2n) is 6.51. The molecule has 25 heavy (non-hydrogen) atoms. The quantitative estimate of drug-likeness (QED) is 0.770. The van der Waals surface area contributed by atoms with E-state index in [0.717, 1.165) is 59.2 Å². The zero-order valence-corrected chi connectivity index (χ0v) is 14.4. The Balaban J connectivity index is 1.91. The smallest absolute Gasteiger partial charge is 0.264 e. The van der Waals surface area contributed by atoms with Gasteiger partial charge in [0.25, 0.3) is 5.91 Å². The number of hydrogen-bond acceptors (Lipinski definition) is 4. The van der Waals surface area contributed by atoms with Gasteiger partial charge in [0.05, 0.1) is 11.1 Å². The molecule has 1 aliphatic rings. The van der Waals surface area contributed by atoms with Crippen LogP contribution in [0, 0.1) is 6.92 Å². The van der Waals surface area contributed by atoms with E-state index in [1.165, 1.54) is 0 Å². The minimum absolute atomic E-state index is 0.00298. The van der Waals surface area contributed by atoms with Gasteiger partial charge in [-0.2, -0.15) is 0 Å². The van der Waals surface area contributed by atoms with E-state index >= 15 is 0 Å². The lowest BCUT2D eigenvalue weighted by Gasteiger charge is -2.19. The van der Waals surface area contributed by atoms with E-state index in [-0.39, 0.29) is 5.91 Å². The van der Waals surface area contributed by atoms with E-state index < -0.39 is 0 Å². The van der Waals surface area contributed by atoms with Crippen LogP contribution in [0.25, 0.3) is 10.9 Å². The summed E-state index contributed by atoms with van der Waals surface area (Å²) in [7, 11) is 0. The highest BCUT2D eigenvalue weighted by molar-refractivity contribution is 6.04. The molecule has 0 bridgehead atoms. The van der Waals surface area contributed by atoms with Gasteiger partial charge in [0.15, 0.2) is 0 Å². The summed E-state index contributed by atoms with van der Waals surface area (Å²) in [5.41, 5.74) is 11.8. The van der Waals surface area contributed by atoms with Crippen LogP contribution in [0.3, 0.4) is 0 Å². The van der Waals surface area contributed by atoms with Gasteiger partial charge in [-0.15, -0.1) is 0 Å². The summed E-state index contributed by atoms with van der Waals surface area (Å²) in [5.74, 6) is 0.00298. The van der Waals surface area contributed by atoms with Gasteiger partial charge in [-0.25, -0.2) is 0 Å². The van der Waals surface area contributed by atoms with Gasteiger partial charge < -0.3 is 11.1 Å². The zero-order chi connectivity index (χ0) is 17.4. The molecule has 0 unspecified atom stereocenters. The Bertz CT molecular complexity index is 958. The molecule has 0 fully saturated rings. The number of aromatic nitrogens is 2. The largest absolute Gasteiger partial charge is 0.330 e. The number of carbonyl (C=O) groups excluding carboxylic acids is 1. The second kappa shape index (κ2) is 6.43. The highest BCUT2D eigenvalue weighted by Crippen LogP contribution is 2.28. The van der Waals surface area contributed by atoms with Crippen molar-refractivity contribution >= 4 is 16.8 Å². The van der Waals surface area contributed by atoms with Gasteiger partial charge in [-0.1, -0.05) is 18.2 Å². The average Bonchev–Trinajstić information content (AvgIpc) is 2.93. The standard InChI is InChI=1S/C20H22N4O/c1-13-15(6-8-21)17-4-2-3-5-19(17)24(13)20(25)18-12-23-11-14-10-22-9-7-16(14)18/h2-5,11-12,22H,6-10,21H2,1H3. The molecule has 2 aromatic heterocycles. The van der Waals surface area contributed by atoms with Crippen LogP contribution in [-0.4, -0.2) is 28.5 Å².